The van der Waals surface area contributed by atoms with Gasteiger partial charge in [0.2, 0.25) is 0 Å². The van der Waals surface area contributed by atoms with Crippen molar-refractivity contribution in [1.29, 1.82) is 0 Å². The van der Waals surface area contributed by atoms with Gasteiger partial charge in [0.05, 0.1) is 6.10 Å². The second kappa shape index (κ2) is 5.33. The highest BCUT2D eigenvalue weighted by molar-refractivity contribution is 9.10. The van der Waals surface area contributed by atoms with Gasteiger partial charge in [0.1, 0.15) is 11.9 Å². The molecule has 3 heteroatoms. The molecule has 0 aliphatic heterocycles. The first-order chi connectivity index (χ1) is 7.04. The van der Waals surface area contributed by atoms with Crippen molar-refractivity contribution in [2.45, 2.75) is 26.1 Å². The molecule has 15 heavy (non-hydrogen) atoms. The highest BCUT2D eigenvalue weighted by Crippen LogP contribution is 2.29. The molecule has 1 aromatic carbocycles. The van der Waals surface area contributed by atoms with Crippen LogP contribution in [0.15, 0.2) is 35.3 Å². The van der Waals surface area contributed by atoms with Crippen molar-refractivity contribution >= 4 is 15.9 Å². The molecule has 0 saturated heterocycles. The molecule has 1 N–H and O–H groups in total. The van der Waals surface area contributed by atoms with Gasteiger partial charge in [-0.15, -0.1) is 0 Å². The van der Waals surface area contributed by atoms with Crippen molar-refractivity contribution in [1.82, 2.24) is 0 Å². The summed E-state index contributed by atoms with van der Waals surface area (Å²) in [5, 5.41) is 9.56. The van der Waals surface area contributed by atoms with E-state index in [2.05, 4.69) is 22.5 Å². The van der Waals surface area contributed by atoms with Crippen LogP contribution in [0.5, 0.6) is 5.75 Å². The highest BCUT2D eigenvalue weighted by Gasteiger charge is 2.11. The Morgan fingerprint density at radius 3 is 2.67 bits per heavy atom. The summed E-state index contributed by atoms with van der Waals surface area (Å²) in [7, 11) is 0. The van der Waals surface area contributed by atoms with Crippen LogP contribution in [0.1, 0.15) is 25.5 Å². The molecule has 2 atom stereocenters. The van der Waals surface area contributed by atoms with E-state index in [1.807, 2.05) is 25.1 Å². The van der Waals surface area contributed by atoms with Crippen molar-refractivity contribution < 1.29 is 9.84 Å². The third-order valence-corrected chi connectivity index (χ3v) is 2.56. The molecule has 0 heterocycles. The molecule has 0 fully saturated rings. The topological polar surface area (TPSA) is 29.5 Å². The second-order valence-electron chi connectivity index (χ2n) is 3.42. The largest absolute Gasteiger partial charge is 0.486 e. The number of aliphatic hydroxyl groups is 1. The Morgan fingerprint density at radius 1 is 1.47 bits per heavy atom. The fourth-order valence-corrected chi connectivity index (χ4v) is 1.54. The fraction of sp³-hybridized carbons (Fsp3) is 0.333. The maximum Gasteiger partial charge on any atom is 0.127 e. The Morgan fingerprint density at radius 2 is 2.13 bits per heavy atom. The Hall–Kier alpha value is -0.800. The first-order valence-electron chi connectivity index (χ1n) is 4.81. The molecule has 0 aliphatic rings. The predicted octanol–water partition coefficient (Wildman–Crippen LogP) is 3.46. The van der Waals surface area contributed by atoms with Crippen LogP contribution in [0.25, 0.3) is 0 Å². The van der Waals surface area contributed by atoms with Crippen LogP contribution in [-0.2, 0) is 0 Å². The van der Waals surface area contributed by atoms with E-state index < -0.39 is 6.10 Å². The zero-order chi connectivity index (χ0) is 11.4. The van der Waals surface area contributed by atoms with Gasteiger partial charge in [-0.1, -0.05) is 34.7 Å². The van der Waals surface area contributed by atoms with Gasteiger partial charge in [0.25, 0.3) is 0 Å². The van der Waals surface area contributed by atoms with Gasteiger partial charge in [-0.05, 0) is 26.0 Å². The minimum absolute atomic E-state index is 0.0724. The molecule has 1 aromatic rings. The van der Waals surface area contributed by atoms with Gasteiger partial charge in [0.15, 0.2) is 0 Å². The number of ether oxygens (including phenoxy) is 1. The lowest BCUT2D eigenvalue weighted by atomic mass is 10.1. The zero-order valence-corrected chi connectivity index (χ0v) is 10.5. The first kappa shape index (κ1) is 12.3. The van der Waals surface area contributed by atoms with Gasteiger partial charge in [-0.2, -0.15) is 0 Å². The van der Waals surface area contributed by atoms with E-state index in [1.54, 1.807) is 13.0 Å². The molecule has 0 saturated carbocycles. The van der Waals surface area contributed by atoms with E-state index in [1.165, 1.54) is 0 Å². The Balaban J connectivity index is 3.01. The SMILES string of the molecule is C=CC(C)Oc1cc(Br)ccc1[C@@H](C)O. The molecule has 0 aliphatic carbocycles. The third kappa shape index (κ3) is 3.36. The summed E-state index contributed by atoms with van der Waals surface area (Å²) in [6.07, 6.45) is 1.11. The van der Waals surface area contributed by atoms with Crippen molar-refractivity contribution in [3.63, 3.8) is 0 Å². The fourth-order valence-electron chi connectivity index (χ4n) is 1.20. The number of aliphatic hydroxyl groups excluding tert-OH is 1. The van der Waals surface area contributed by atoms with Gasteiger partial charge in [-0.3, -0.25) is 0 Å². The van der Waals surface area contributed by atoms with Gasteiger partial charge >= 0.3 is 0 Å². The summed E-state index contributed by atoms with van der Waals surface area (Å²) in [4.78, 5) is 0. The normalized spacial score (nSPS) is 14.4. The van der Waals surface area contributed by atoms with Crippen LogP contribution in [0, 0.1) is 0 Å². The lowest BCUT2D eigenvalue weighted by Crippen LogP contribution is -2.09. The average Bonchev–Trinajstić information content (AvgIpc) is 2.17. The second-order valence-corrected chi connectivity index (χ2v) is 4.33. The summed E-state index contributed by atoms with van der Waals surface area (Å²) in [6.45, 7) is 7.27. The number of hydrogen-bond acceptors (Lipinski definition) is 2. The molecule has 0 spiro atoms. The van der Waals surface area contributed by atoms with Gasteiger partial charge in [-0.25, -0.2) is 0 Å². The van der Waals surface area contributed by atoms with Gasteiger partial charge in [0, 0.05) is 10.0 Å². The number of halogens is 1. The minimum atomic E-state index is -0.537. The van der Waals surface area contributed by atoms with Crippen LogP contribution >= 0.6 is 15.9 Å². The smallest absolute Gasteiger partial charge is 0.127 e. The number of benzene rings is 1. The van der Waals surface area contributed by atoms with Crippen molar-refractivity contribution in [3.05, 3.63) is 40.9 Å². The van der Waals surface area contributed by atoms with Crippen LogP contribution in [-0.4, -0.2) is 11.2 Å². The monoisotopic (exact) mass is 270 g/mol. The number of hydrogen-bond donors (Lipinski definition) is 1. The van der Waals surface area contributed by atoms with Crippen molar-refractivity contribution in [2.24, 2.45) is 0 Å². The Labute approximate surface area is 98.7 Å². The molecular weight excluding hydrogens is 256 g/mol. The summed E-state index contributed by atoms with van der Waals surface area (Å²) in [5.41, 5.74) is 0.784. The summed E-state index contributed by atoms with van der Waals surface area (Å²) < 4.78 is 6.56. The van der Waals surface area contributed by atoms with E-state index in [0.717, 1.165) is 10.0 Å². The molecule has 1 rings (SSSR count). The van der Waals surface area contributed by atoms with Crippen LogP contribution in [0.4, 0.5) is 0 Å². The molecular formula is C12H15BrO2. The van der Waals surface area contributed by atoms with E-state index in [-0.39, 0.29) is 6.10 Å². The van der Waals surface area contributed by atoms with Crippen LogP contribution in [0.2, 0.25) is 0 Å². The molecule has 82 valence electrons. The summed E-state index contributed by atoms with van der Waals surface area (Å²) in [5.74, 6) is 0.687. The number of rotatable bonds is 4. The molecule has 0 bridgehead atoms. The lowest BCUT2D eigenvalue weighted by molar-refractivity contribution is 0.187. The minimum Gasteiger partial charge on any atom is -0.486 e. The van der Waals surface area contributed by atoms with Crippen molar-refractivity contribution in [2.75, 3.05) is 0 Å². The van der Waals surface area contributed by atoms with Gasteiger partial charge < -0.3 is 9.84 Å². The van der Waals surface area contributed by atoms with E-state index in [9.17, 15) is 5.11 Å². The standard InChI is InChI=1S/C12H15BrO2/c1-4-8(2)15-12-7-10(13)5-6-11(12)9(3)14/h4-9,14H,1H2,2-3H3/t8?,9-/m1/s1. The van der Waals surface area contributed by atoms with Crippen LogP contribution < -0.4 is 4.74 Å². The van der Waals surface area contributed by atoms with Crippen LogP contribution in [0.3, 0.4) is 0 Å². The lowest BCUT2D eigenvalue weighted by Gasteiger charge is -2.16. The first-order valence-corrected chi connectivity index (χ1v) is 5.60. The predicted molar refractivity (Wildman–Crippen MR) is 65.1 cm³/mol. The molecule has 0 radical (unpaired) electrons. The maximum absolute atomic E-state index is 9.56. The van der Waals surface area contributed by atoms with E-state index in [4.69, 9.17) is 4.74 Å². The highest BCUT2D eigenvalue weighted by atomic mass is 79.9. The molecule has 0 aromatic heterocycles. The van der Waals surface area contributed by atoms with Crippen molar-refractivity contribution in [3.8, 4) is 5.75 Å². The average molecular weight is 271 g/mol. The quantitative estimate of drug-likeness (QED) is 0.850. The molecule has 0 amide bonds. The Bertz CT molecular complexity index is 347. The molecule has 1 unspecified atom stereocenters. The molecule has 2 nitrogen and oxygen atoms in total. The Kier molecular flexibility index (Phi) is 4.36. The zero-order valence-electron chi connectivity index (χ0n) is 8.90. The van der Waals surface area contributed by atoms with E-state index >= 15 is 0 Å². The summed E-state index contributed by atoms with van der Waals surface area (Å²) in [6, 6.07) is 5.58. The van der Waals surface area contributed by atoms with E-state index in [0.29, 0.717) is 5.75 Å². The third-order valence-electron chi connectivity index (χ3n) is 2.07. The summed E-state index contributed by atoms with van der Waals surface area (Å²) >= 11 is 3.37. The maximum atomic E-state index is 9.56.